The minimum absolute atomic E-state index is 0.113. The van der Waals surface area contributed by atoms with Crippen molar-refractivity contribution in [3.63, 3.8) is 0 Å². The highest BCUT2D eigenvalue weighted by Crippen LogP contribution is 2.02. The number of imidazole rings is 1. The van der Waals surface area contributed by atoms with Gasteiger partial charge in [-0.3, -0.25) is 9.59 Å². The summed E-state index contributed by atoms with van der Waals surface area (Å²) < 4.78 is 1.49. The molecule has 112 valence electrons. The number of pyridine rings is 1. The van der Waals surface area contributed by atoms with Gasteiger partial charge >= 0.3 is 0 Å². The Morgan fingerprint density at radius 2 is 2.29 bits per heavy atom. The zero-order valence-electron chi connectivity index (χ0n) is 11.6. The zero-order valence-corrected chi connectivity index (χ0v) is 11.6. The summed E-state index contributed by atoms with van der Waals surface area (Å²) in [7, 11) is 0. The van der Waals surface area contributed by atoms with Gasteiger partial charge in [0.25, 0.3) is 5.56 Å². The number of carbonyl (C=O) groups excluding carboxylic acids is 1. The van der Waals surface area contributed by atoms with Crippen molar-refractivity contribution < 1.29 is 9.90 Å². The maximum atomic E-state index is 12.2. The van der Waals surface area contributed by atoms with Crippen LogP contribution < -0.4 is 5.56 Å². The molecule has 0 aliphatic rings. The van der Waals surface area contributed by atoms with E-state index >= 15 is 0 Å². The fraction of sp³-hybridized carbons (Fsp3) is 0.357. The highest BCUT2D eigenvalue weighted by atomic mass is 16.3. The van der Waals surface area contributed by atoms with Gasteiger partial charge in [-0.15, -0.1) is 0 Å². The van der Waals surface area contributed by atoms with Crippen LogP contribution in [0.3, 0.4) is 0 Å². The second-order valence-electron chi connectivity index (χ2n) is 4.56. The van der Waals surface area contributed by atoms with E-state index in [1.54, 1.807) is 30.7 Å². The molecule has 0 aliphatic carbocycles. The highest BCUT2D eigenvalue weighted by Gasteiger charge is 2.14. The van der Waals surface area contributed by atoms with Gasteiger partial charge in [0.2, 0.25) is 5.91 Å². The number of amides is 1. The highest BCUT2D eigenvalue weighted by molar-refractivity contribution is 5.76. The van der Waals surface area contributed by atoms with Crippen LogP contribution in [-0.4, -0.2) is 43.6 Å². The Labute approximate surface area is 121 Å². The van der Waals surface area contributed by atoms with Crippen LogP contribution in [0.25, 0.3) is 0 Å². The smallest absolute Gasteiger partial charge is 0.250 e. The number of rotatable bonds is 7. The van der Waals surface area contributed by atoms with Crippen LogP contribution in [0.15, 0.2) is 41.6 Å². The molecule has 0 spiro atoms. The van der Waals surface area contributed by atoms with Crippen molar-refractivity contribution in [3.8, 4) is 0 Å². The van der Waals surface area contributed by atoms with Gasteiger partial charge in [0.05, 0.1) is 13.2 Å². The lowest BCUT2D eigenvalue weighted by molar-refractivity contribution is -0.132. The van der Waals surface area contributed by atoms with Crippen molar-refractivity contribution in [1.82, 2.24) is 19.4 Å². The number of aromatic amines is 1. The minimum atomic E-state index is -0.134. The Morgan fingerprint density at radius 3 is 2.95 bits per heavy atom. The molecule has 0 atom stereocenters. The van der Waals surface area contributed by atoms with E-state index in [1.807, 2.05) is 0 Å². The first-order valence-corrected chi connectivity index (χ1v) is 6.73. The summed E-state index contributed by atoms with van der Waals surface area (Å²) in [6.07, 6.45) is 5.14. The van der Waals surface area contributed by atoms with Crippen LogP contribution >= 0.6 is 0 Å². The fourth-order valence-corrected chi connectivity index (χ4v) is 2.00. The van der Waals surface area contributed by atoms with Gasteiger partial charge in [-0.05, 0) is 6.07 Å². The van der Waals surface area contributed by atoms with Crippen LogP contribution in [0.1, 0.15) is 12.2 Å². The summed E-state index contributed by atoms with van der Waals surface area (Å²) in [5.74, 6) is 0.532. The van der Waals surface area contributed by atoms with Gasteiger partial charge in [0.15, 0.2) is 0 Å². The lowest BCUT2D eigenvalue weighted by Gasteiger charge is -2.20. The van der Waals surface area contributed by atoms with Crippen LogP contribution in [0.4, 0.5) is 0 Å². The maximum absolute atomic E-state index is 12.2. The van der Waals surface area contributed by atoms with E-state index in [0.717, 1.165) is 0 Å². The first-order valence-electron chi connectivity index (χ1n) is 6.73. The summed E-state index contributed by atoms with van der Waals surface area (Å²) in [6.45, 7) is 0.760. The first kappa shape index (κ1) is 15.0. The fourth-order valence-electron chi connectivity index (χ4n) is 2.00. The molecule has 0 fully saturated rings. The molecular weight excluding hydrogens is 272 g/mol. The number of aryl methyl sites for hydroxylation is 1. The van der Waals surface area contributed by atoms with Crippen molar-refractivity contribution in [2.24, 2.45) is 0 Å². The largest absolute Gasteiger partial charge is 0.395 e. The molecule has 2 rings (SSSR count). The van der Waals surface area contributed by atoms with E-state index in [4.69, 9.17) is 5.11 Å². The average molecular weight is 290 g/mol. The third-order valence-corrected chi connectivity index (χ3v) is 3.08. The van der Waals surface area contributed by atoms with Gasteiger partial charge in [-0.25, -0.2) is 4.98 Å². The van der Waals surface area contributed by atoms with Crippen molar-refractivity contribution in [2.75, 3.05) is 13.2 Å². The number of aliphatic hydroxyl groups excluding tert-OH is 1. The molecule has 7 nitrogen and oxygen atoms in total. The van der Waals surface area contributed by atoms with Crippen molar-refractivity contribution >= 4 is 5.91 Å². The van der Waals surface area contributed by atoms with Gasteiger partial charge in [0.1, 0.15) is 5.82 Å². The summed E-state index contributed by atoms with van der Waals surface area (Å²) in [5.41, 5.74) is -0.134. The normalized spacial score (nSPS) is 10.5. The van der Waals surface area contributed by atoms with Gasteiger partial charge < -0.3 is 19.6 Å². The number of hydrogen-bond donors (Lipinski definition) is 2. The summed E-state index contributed by atoms with van der Waals surface area (Å²) in [6, 6.07) is 4.87. The van der Waals surface area contributed by atoms with Crippen LogP contribution in [0.2, 0.25) is 0 Å². The molecular formula is C14H18N4O3. The molecule has 0 saturated carbocycles. The second-order valence-corrected chi connectivity index (χ2v) is 4.56. The van der Waals surface area contributed by atoms with Crippen molar-refractivity contribution in [3.05, 3.63) is 53.0 Å². The van der Waals surface area contributed by atoms with E-state index in [9.17, 15) is 9.59 Å². The van der Waals surface area contributed by atoms with E-state index in [0.29, 0.717) is 18.9 Å². The number of nitrogens with zero attached hydrogens (tertiary/aromatic N) is 3. The molecule has 2 N–H and O–H groups in total. The topological polar surface area (TPSA) is 91.2 Å². The van der Waals surface area contributed by atoms with E-state index < -0.39 is 0 Å². The molecule has 0 radical (unpaired) electrons. The summed E-state index contributed by atoms with van der Waals surface area (Å²) in [4.78, 5) is 32.3. The maximum Gasteiger partial charge on any atom is 0.250 e. The number of aromatic nitrogens is 3. The molecule has 0 saturated heterocycles. The molecule has 2 heterocycles. The number of nitrogens with one attached hydrogen (secondary N) is 1. The predicted octanol–water partition coefficient (Wildman–Crippen LogP) is -0.0174. The molecule has 0 bridgehead atoms. The Bertz CT molecular complexity index is 621. The molecule has 0 unspecified atom stereocenters. The van der Waals surface area contributed by atoms with Gasteiger partial charge in [-0.2, -0.15) is 0 Å². The molecule has 2 aromatic rings. The number of H-pyrrole nitrogens is 1. The first-order chi connectivity index (χ1) is 10.2. The number of hydrogen-bond acceptors (Lipinski definition) is 4. The quantitative estimate of drug-likeness (QED) is 0.750. The Morgan fingerprint density at radius 1 is 1.43 bits per heavy atom. The van der Waals surface area contributed by atoms with Crippen LogP contribution in [0.5, 0.6) is 0 Å². The third-order valence-electron chi connectivity index (χ3n) is 3.08. The average Bonchev–Trinajstić information content (AvgIpc) is 2.99. The molecule has 21 heavy (non-hydrogen) atoms. The van der Waals surface area contributed by atoms with Crippen LogP contribution in [0, 0.1) is 0 Å². The summed E-state index contributed by atoms with van der Waals surface area (Å²) >= 11 is 0. The molecule has 0 aromatic carbocycles. The molecule has 2 aromatic heterocycles. The van der Waals surface area contributed by atoms with Crippen molar-refractivity contribution in [1.29, 1.82) is 0 Å². The standard InChI is InChI=1S/C14H18N4O3/c19-10-9-18(11-12-15-5-6-16-12)14(21)4-8-17-7-2-1-3-13(17)20/h1-3,5-7,19H,4,8-11H2,(H,15,16). The predicted molar refractivity (Wildman–Crippen MR) is 76.4 cm³/mol. The Kier molecular flexibility index (Phi) is 5.28. The van der Waals surface area contributed by atoms with Crippen LogP contribution in [-0.2, 0) is 17.9 Å². The second kappa shape index (κ2) is 7.39. The SMILES string of the molecule is O=C(CCn1ccccc1=O)N(CCO)Cc1ncc[nH]1. The van der Waals surface area contributed by atoms with Gasteiger partial charge in [-0.1, -0.05) is 6.07 Å². The van der Waals surface area contributed by atoms with E-state index in [2.05, 4.69) is 9.97 Å². The third kappa shape index (κ3) is 4.28. The molecule has 7 heteroatoms. The minimum Gasteiger partial charge on any atom is -0.395 e. The van der Waals surface area contributed by atoms with Gasteiger partial charge in [0, 0.05) is 44.2 Å². The summed E-state index contributed by atoms with van der Waals surface area (Å²) in [5, 5.41) is 9.06. The Balaban J connectivity index is 1.95. The monoisotopic (exact) mass is 290 g/mol. The number of aliphatic hydroxyl groups is 1. The molecule has 0 aliphatic heterocycles. The lowest BCUT2D eigenvalue weighted by atomic mass is 10.3. The van der Waals surface area contributed by atoms with E-state index in [-0.39, 0.29) is 31.0 Å². The van der Waals surface area contributed by atoms with Crippen molar-refractivity contribution in [2.45, 2.75) is 19.5 Å². The molecule has 1 amide bonds. The number of carbonyl (C=O) groups is 1. The zero-order chi connectivity index (χ0) is 15.1. The Hall–Kier alpha value is -2.41. The lowest BCUT2D eigenvalue weighted by Crippen LogP contribution is -2.34. The van der Waals surface area contributed by atoms with E-state index in [1.165, 1.54) is 15.5 Å².